The Hall–Kier alpha value is -2.57. The first-order chi connectivity index (χ1) is 13.0. The Bertz CT molecular complexity index is 834. The van der Waals surface area contributed by atoms with Crippen LogP contribution in [0.2, 0.25) is 5.02 Å². The molecule has 0 spiro atoms. The van der Waals surface area contributed by atoms with Gasteiger partial charge >= 0.3 is 0 Å². The second kappa shape index (κ2) is 8.88. The van der Waals surface area contributed by atoms with Crippen LogP contribution in [0.4, 0.5) is 5.69 Å². The van der Waals surface area contributed by atoms with Crippen LogP contribution in [0.25, 0.3) is 0 Å². The van der Waals surface area contributed by atoms with Gasteiger partial charge in [0.05, 0.1) is 23.9 Å². The van der Waals surface area contributed by atoms with E-state index in [-0.39, 0.29) is 18.4 Å². The maximum atomic E-state index is 12.6. The summed E-state index contributed by atoms with van der Waals surface area (Å²) in [5.74, 6) is 0.156. The highest BCUT2D eigenvalue weighted by Crippen LogP contribution is 2.24. The number of hydrogen-bond donors (Lipinski definition) is 1. The lowest BCUT2D eigenvalue weighted by Crippen LogP contribution is -2.40. The van der Waals surface area contributed by atoms with Crippen molar-refractivity contribution in [2.45, 2.75) is 6.92 Å². The smallest absolute Gasteiger partial charge is 0.262 e. The summed E-state index contributed by atoms with van der Waals surface area (Å²) in [6.07, 6.45) is 0. The number of benzene rings is 2. The summed E-state index contributed by atoms with van der Waals surface area (Å²) in [7, 11) is 0. The molecule has 2 amide bonds. The lowest BCUT2D eigenvalue weighted by Gasteiger charge is -2.27. The largest absolute Gasteiger partial charge is 0.484 e. The fraction of sp³-hybridized carbons (Fsp3) is 0.300. The molecule has 7 heteroatoms. The Labute approximate surface area is 163 Å². The van der Waals surface area contributed by atoms with Crippen molar-refractivity contribution in [2.75, 3.05) is 38.2 Å². The van der Waals surface area contributed by atoms with E-state index in [1.807, 2.05) is 25.1 Å². The zero-order valence-corrected chi connectivity index (χ0v) is 15.8. The molecule has 0 radical (unpaired) electrons. The van der Waals surface area contributed by atoms with E-state index in [2.05, 4.69) is 5.32 Å². The summed E-state index contributed by atoms with van der Waals surface area (Å²) < 4.78 is 10.8. The molecule has 3 rings (SSSR count). The molecule has 0 unspecified atom stereocenters. The number of carbonyl (C=O) groups is 2. The predicted octanol–water partition coefficient (Wildman–Crippen LogP) is 3.14. The molecule has 27 heavy (non-hydrogen) atoms. The van der Waals surface area contributed by atoms with Crippen molar-refractivity contribution in [1.82, 2.24) is 4.90 Å². The zero-order chi connectivity index (χ0) is 19.2. The van der Waals surface area contributed by atoms with Crippen LogP contribution in [0.15, 0.2) is 42.5 Å². The number of halogens is 1. The van der Waals surface area contributed by atoms with Gasteiger partial charge in [-0.3, -0.25) is 9.59 Å². The summed E-state index contributed by atoms with van der Waals surface area (Å²) in [5.41, 5.74) is 1.90. The molecule has 2 aromatic carbocycles. The van der Waals surface area contributed by atoms with Gasteiger partial charge in [0.15, 0.2) is 6.61 Å². The average molecular weight is 389 g/mol. The Kier molecular flexibility index (Phi) is 6.32. The van der Waals surface area contributed by atoms with E-state index in [1.165, 1.54) is 0 Å². The van der Waals surface area contributed by atoms with Crippen LogP contribution in [-0.2, 0) is 9.53 Å². The third-order valence-corrected chi connectivity index (χ3v) is 4.47. The van der Waals surface area contributed by atoms with Crippen molar-refractivity contribution in [3.05, 3.63) is 58.6 Å². The molecule has 1 aliphatic rings. The highest BCUT2D eigenvalue weighted by molar-refractivity contribution is 6.33. The fourth-order valence-corrected chi connectivity index (χ4v) is 2.91. The van der Waals surface area contributed by atoms with E-state index >= 15 is 0 Å². The van der Waals surface area contributed by atoms with Gasteiger partial charge in [-0.05, 0) is 42.8 Å². The third-order valence-electron chi connectivity index (χ3n) is 4.15. The van der Waals surface area contributed by atoms with Crippen molar-refractivity contribution < 1.29 is 19.1 Å². The van der Waals surface area contributed by atoms with E-state index in [0.29, 0.717) is 48.3 Å². The van der Waals surface area contributed by atoms with Crippen LogP contribution >= 0.6 is 11.6 Å². The standard InChI is InChI=1S/C20H21ClN2O4/c1-14-3-2-4-16(11-14)27-13-19(24)22-18-12-15(5-6-17(18)21)20(25)23-7-9-26-10-8-23/h2-6,11-12H,7-10,13H2,1H3,(H,22,24). The van der Waals surface area contributed by atoms with Crippen LogP contribution in [0.5, 0.6) is 5.75 Å². The van der Waals surface area contributed by atoms with Crippen molar-refractivity contribution >= 4 is 29.1 Å². The van der Waals surface area contributed by atoms with Gasteiger partial charge in [0.1, 0.15) is 5.75 Å². The molecule has 0 saturated carbocycles. The van der Waals surface area contributed by atoms with Gasteiger partial charge in [0, 0.05) is 18.7 Å². The van der Waals surface area contributed by atoms with Crippen LogP contribution in [-0.4, -0.2) is 49.6 Å². The van der Waals surface area contributed by atoms with Gasteiger partial charge in [0.25, 0.3) is 11.8 Å². The minimum absolute atomic E-state index is 0.110. The number of hydrogen-bond acceptors (Lipinski definition) is 4. The maximum Gasteiger partial charge on any atom is 0.262 e. The summed E-state index contributed by atoms with van der Waals surface area (Å²) in [4.78, 5) is 26.5. The van der Waals surface area contributed by atoms with Gasteiger partial charge in [0.2, 0.25) is 0 Å². The maximum absolute atomic E-state index is 12.6. The number of anilines is 1. The molecule has 6 nitrogen and oxygen atoms in total. The van der Waals surface area contributed by atoms with Crippen molar-refractivity contribution in [3.8, 4) is 5.75 Å². The molecule has 1 saturated heterocycles. The van der Waals surface area contributed by atoms with Gasteiger partial charge in [-0.2, -0.15) is 0 Å². The molecule has 2 aromatic rings. The Balaban J connectivity index is 1.63. The van der Waals surface area contributed by atoms with Crippen LogP contribution < -0.4 is 10.1 Å². The second-order valence-electron chi connectivity index (χ2n) is 6.25. The molecule has 1 fully saturated rings. The number of ether oxygens (including phenoxy) is 2. The highest BCUT2D eigenvalue weighted by Gasteiger charge is 2.19. The monoisotopic (exact) mass is 388 g/mol. The molecule has 0 aliphatic carbocycles. The fourth-order valence-electron chi connectivity index (χ4n) is 2.74. The number of rotatable bonds is 5. The normalized spacial score (nSPS) is 13.9. The van der Waals surface area contributed by atoms with E-state index in [4.69, 9.17) is 21.1 Å². The van der Waals surface area contributed by atoms with E-state index in [0.717, 1.165) is 5.56 Å². The van der Waals surface area contributed by atoms with Crippen molar-refractivity contribution in [3.63, 3.8) is 0 Å². The first-order valence-corrected chi connectivity index (χ1v) is 9.06. The lowest BCUT2D eigenvalue weighted by atomic mass is 10.1. The molecular formula is C20H21ClN2O4. The molecular weight excluding hydrogens is 368 g/mol. The van der Waals surface area contributed by atoms with E-state index in [9.17, 15) is 9.59 Å². The van der Waals surface area contributed by atoms with E-state index in [1.54, 1.807) is 29.2 Å². The third kappa shape index (κ3) is 5.21. The quantitative estimate of drug-likeness (QED) is 0.854. The zero-order valence-electron chi connectivity index (χ0n) is 15.0. The number of nitrogens with one attached hydrogen (secondary N) is 1. The van der Waals surface area contributed by atoms with Crippen molar-refractivity contribution in [1.29, 1.82) is 0 Å². The summed E-state index contributed by atoms with van der Waals surface area (Å²) in [5, 5.41) is 3.06. The van der Waals surface area contributed by atoms with Crippen LogP contribution in [0.1, 0.15) is 15.9 Å². The highest BCUT2D eigenvalue weighted by atomic mass is 35.5. The SMILES string of the molecule is Cc1cccc(OCC(=O)Nc2cc(C(=O)N3CCOCC3)ccc2Cl)c1. The van der Waals surface area contributed by atoms with Crippen LogP contribution in [0.3, 0.4) is 0 Å². The second-order valence-corrected chi connectivity index (χ2v) is 6.66. The van der Waals surface area contributed by atoms with E-state index < -0.39 is 0 Å². The Morgan fingerprint density at radius 2 is 1.96 bits per heavy atom. The van der Waals surface area contributed by atoms with Gasteiger partial charge in [-0.1, -0.05) is 23.7 Å². The molecule has 1 heterocycles. The molecule has 142 valence electrons. The summed E-state index contributed by atoms with van der Waals surface area (Å²) in [6, 6.07) is 12.3. The molecule has 1 aliphatic heterocycles. The van der Waals surface area contributed by atoms with Gasteiger partial charge < -0.3 is 19.7 Å². The molecule has 1 N–H and O–H groups in total. The predicted molar refractivity (Wildman–Crippen MR) is 103 cm³/mol. The Morgan fingerprint density at radius 1 is 1.19 bits per heavy atom. The topological polar surface area (TPSA) is 67.9 Å². The number of carbonyl (C=O) groups excluding carboxylic acids is 2. The van der Waals surface area contributed by atoms with Crippen LogP contribution in [0, 0.1) is 6.92 Å². The number of nitrogens with zero attached hydrogens (tertiary/aromatic N) is 1. The number of amides is 2. The summed E-state index contributed by atoms with van der Waals surface area (Å²) >= 11 is 6.17. The number of morpholine rings is 1. The minimum Gasteiger partial charge on any atom is -0.484 e. The molecule has 0 atom stereocenters. The minimum atomic E-state index is -0.352. The summed E-state index contributed by atoms with van der Waals surface area (Å²) in [6.45, 7) is 3.95. The van der Waals surface area contributed by atoms with Gasteiger partial charge in [-0.15, -0.1) is 0 Å². The Morgan fingerprint density at radius 3 is 2.70 bits per heavy atom. The number of aryl methyl sites for hydroxylation is 1. The average Bonchev–Trinajstić information content (AvgIpc) is 2.68. The molecule has 0 bridgehead atoms. The lowest BCUT2D eigenvalue weighted by molar-refractivity contribution is -0.118. The first-order valence-electron chi connectivity index (χ1n) is 8.69. The molecule has 0 aromatic heterocycles. The first kappa shape index (κ1) is 19.2. The van der Waals surface area contributed by atoms with Crippen molar-refractivity contribution in [2.24, 2.45) is 0 Å². The van der Waals surface area contributed by atoms with Gasteiger partial charge in [-0.25, -0.2) is 0 Å².